The SMILES string of the molecule is CN1C(=O)c2ccccc2N(CCCN2CCOCC2)C(=O)c2ccccc21. The minimum atomic E-state index is -0.103. The predicted molar refractivity (Wildman–Crippen MR) is 109 cm³/mol. The van der Waals surface area contributed by atoms with Gasteiger partial charge in [0.15, 0.2) is 0 Å². The maximum absolute atomic E-state index is 13.4. The largest absolute Gasteiger partial charge is 0.379 e. The van der Waals surface area contributed by atoms with Crippen molar-refractivity contribution in [2.24, 2.45) is 0 Å². The molecule has 0 bridgehead atoms. The summed E-state index contributed by atoms with van der Waals surface area (Å²) < 4.78 is 5.40. The number of carbonyl (C=O) groups is 2. The van der Waals surface area contributed by atoms with E-state index in [0.717, 1.165) is 39.3 Å². The van der Waals surface area contributed by atoms with Crippen LogP contribution >= 0.6 is 0 Å². The first-order chi connectivity index (χ1) is 13.7. The van der Waals surface area contributed by atoms with E-state index < -0.39 is 0 Å². The third-order valence-electron chi connectivity index (χ3n) is 5.43. The molecular weight excluding hydrogens is 354 g/mol. The number of para-hydroxylation sites is 2. The van der Waals surface area contributed by atoms with Crippen LogP contribution in [0.2, 0.25) is 0 Å². The van der Waals surface area contributed by atoms with Crippen LogP contribution in [0, 0.1) is 0 Å². The lowest BCUT2D eigenvalue weighted by Gasteiger charge is -2.32. The molecule has 6 nitrogen and oxygen atoms in total. The molecule has 2 heterocycles. The van der Waals surface area contributed by atoms with E-state index in [1.165, 1.54) is 0 Å². The second-order valence-corrected chi connectivity index (χ2v) is 7.16. The van der Waals surface area contributed by atoms with Gasteiger partial charge < -0.3 is 14.5 Å². The minimum absolute atomic E-state index is 0.0654. The van der Waals surface area contributed by atoms with E-state index in [2.05, 4.69) is 4.90 Å². The first-order valence-corrected chi connectivity index (χ1v) is 9.75. The van der Waals surface area contributed by atoms with Crippen LogP contribution in [0.3, 0.4) is 0 Å². The number of benzene rings is 2. The van der Waals surface area contributed by atoms with Crippen LogP contribution in [0.1, 0.15) is 27.1 Å². The standard InChI is InChI=1S/C22H25N3O3/c1-23-19-9-4-2-7-17(19)22(27)25(12-6-11-24-13-15-28-16-14-24)20-10-5-3-8-18(20)21(23)26/h2-5,7-10H,6,11-16H2,1H3. The van der Waals surface area contributed by atoms with Crippen molar-refractivity contribution in [3.8, 4) is 0 Å². The average Bonchev–Trinajstić information content (AvgIpc) is 2.75. The van der Waals surface area contributed by atoms with E-state index in [0.29, 0.717) is 29.0 Å². The van der Waals surface area contributed by atoms with E-state index in [4.69, 9.17) is 4.74 Å². The molecule has 0 aliphatic carbocycles. The third kappa shape index (κ3) is 3.53. The zero-order valence-corrected chi connectivity index (χ0v) is 16.1. The molecule has 28 heavy (non-hydrogen) atoms. The average molecular weight is 379 g/mol. The van der Waals surface area contributed by atoms with Gasteiger partial charge in [-0.3, -0.25) is 14.5 Å². The maximum atomic E-state index is 13.4. The van der Waals surface area contributed by atoms with Crippen molar-refractivity contribution < 1.29 is 14.3 Å². The van der Waals surface area contributed by atoms with Gasteiger partial charge in [0, 0.05) is 33.2 Å². The molecule has 0 spiro atoms. The number of nitrogens with zero attached hydrogens (tertiary/aromatic N) is 3. The summed E-state index contributed by atoms with van der Waals surface area (Å²) in [7, 11) is 1.72. The highest BCUT2D eigenvalue weighted by molar-refractivity contribution is 6.20. The van der Waals surface area contributed by atoms with Gasteiger partial charge in [-0.2, -0.15) is 0 Å². The van der Waals surface area contributed by atoms with Gasteiger partial charge in [-0.25, -0.2) is 0 Å². The van der Waals surface area contributed by atoms with Crippen molar-refractivity contribution in [3.05, 3.63) is 59.7 Å². The van der Waals surface area contributed by atoms with Crippen LogP contribution in [0.4, 0.5) is 11.4 Å². The fourth-order valence-corrected chi connectivity index (χ4v) is 3.88. The van der Waals surface area contributed by atoms with Crippen molar-refractivity contribution in [3.63, 3.8) is 0 Å². The molecule has 2 amide bonds. The fourth-order valence-electron chi connectivity index (χ4n) is 3.88. The Hall–Kier alpha value is -2.70. The molecule has 2 aliphatic heterocycles. The molecule has 1 fully saturated rings. The first-order valence-electron chi connectivity index (χ1n) is 9.75. The number of hydrogen-bond donors (Lipinski definition) is 0. The molecule has 0 N–H and O–H groups in total. The number of morpholine rings is 1. The summed E-state index contributed by atoms with van der Waals surface area (Å²) in [5.41, 5.74) is 2.43. The molecule has 146 valence electrons. The smallest absolute Gasteiger partial charge is 0.260 e. The zero-order valence-electron chi connectivity index (χ0n) is 16.1. The van der Waals surface area contributed by atoms with Crippen molar-refractivity contribution in [2.45, 2.75) is 6.42 Å². The second kappa shape index (κ2) is 8.12. The number of amides is 2. The van der Waals surface area contributed by atoms with Gasteiger partial charge in [0.1, 0.15) is 0 Å². The number of carbonyl (C=O) groups excluding carboxylic acids is 2. The summed E-state index contributed by atoms with van der Waals surface area (Å²) in [5, 5.41) is 0. The highest BCUT2D eigenvalue weighted by Gasteiger charge is 2.30. The number of ether oxygens (including phenoxy) is 1. The van der Waals surface area contributed by atoms with Gasteiger partial charge in [0.05, 0.1) is 35.7 Å². The summed E-state index contributed by atoms with van der Waals surface area (Å²) in [6, 6.07) is 14.7. The zero-order chi connectivity index (χ0) is 19.5. The van der Waals surface area contributed by atoms with E-state index in [9.17, 15) is 9.59 Å². The summed E-state index contributed by atoms with van der Waals surface area (Å²) >= 11 is 0. The lowest BCUT2D eigenvalue weighted by Crippen LogP contribution is -2.41. The van der Waals surface area contributed by atoms with Crippen molar-refractivity contribution >= 4 is 23.2 Å². The predicted octanol–water partition coefficient (Wildman–Crippen LogP) is 2.65. The van der Waals surface area contributed by atoms with Crippen molar-refractivity contribution in [2.75, 3.05) is 56.2 Å². The Bertz CT molecular complexity index is 877. The van der Waals surface area contributed by atoms with Crippen LogP contribution in [-0.2, 0) is 4.74 Å². The van der Waals surface area contributed by atoms with Crippen LogP contribution in [-0.4, -0.2) is 63.2 Å². The lowest BCUT2D eigenvalue weighted by molar-refractivity contribution is 0.0376. The number of fused-ring (bicyclic) bond motifs is 2. The molecule has 2 aromatic carbocycles. The van der Waals surface area contributed by atoms with E-state index in [1.54, 1.807) is 29.0 Å². The molecule has 1 saturated heterocycles. The third-order valence-corrected chi connectivity index (χ3v) is 5.43. The maximum Gasteiger partial charge on any atom is 0.260 e. The molecule has 0 atom stereocenters. The Labute approximate surface area is 165 Å². The van der Waals surface area contributed by atoms with Crippen LogP contribution in [0.15, 0.2) is 48.5 Å². The Morgan fingerprint density at radius 1 is 0.821 bits per heavy atom. The molecule has 0 unspecified atom stereocenters. The Morgan fingerprint density at radius 2 is 1.43 bits per heavy atom. The van der Waals surface area contributed by atoms with Crippen molar-refractivity contribution in [1.82, 2.24) is 4.90 Å². The lowest BCUT2D eigenvalue weighted by atomic mass is 10.0. The molecule has 0 aromatic heterocycles. The van der Waals surface area contributed by atoms with E-state index in [-0.39, 0.29) is 11.8 Å². The van der Waals surface area contributed by atoms with E-state index in [1.807, 2.05) is 36.4 Å². The van der Waals surface area contributed by atoms with Gasteiger partial charge in [-0.1, -0.05) is 24.3 Å². The first kappa shape index (κ1) is 18.7. The molecule has 4 rings (SSSR count). The molecular formula is C22H25N3O3. The van der Waals surface area contributed by atoms with Crippen LogP contribution < -0.4 is 9.80 Å². The Morgan fingerprint density at radius 3 is 2.14 bits per heavy atom. The molecule has 6 heteroatoms. The monoisotopic (exact) mass is 379 g/mol. The fraction of sp³-hybridized carbons (Fsp3) is 0.364. The molecule has 0 saturated carbocycles. The van der Waals surface area contributed by atoms with Gasteiger partial charge in [-0.05, 0) is 30.7 Å². The highest BCUT2D eigenvalue weighted by atomic mass is 16.5. The summed E-state index contributed by atoms with van der Waals surface area (Å²) in [6.45, 7) is 4.86. The van der Waals surface area contributed by atoms with E-state index >= 15 is 0 Å². The number of rotatable bonds is 4. The van der Waals surface area contributed by atoms with Gasteiger partial charge in [0.25, 0.3) is 11.8 Å². The molecule has 2 aromatic rings. The Balaban J connectivity index is 1.65. The molecule has 2 aliphatic rings. The van der Waals surface area contributed by atoms with Gasteiger partial charge in [0.2, 0.25) is 0 Å². The summed E-state index contributed by atoms with van der Waals surface area (Å²) in [4.78, 5) is 32.2. The van der Waals surface area contributed by atoms with Crippen LogP contribution in [0.25, 0.3) is 0 Å². The molecule has 0 radical (unpaired) electrons. The topological polar surface area (TPSA) is 53.1 Å². The number of anilines is 2. The summed E-state index contributed by atoms with van der Waals surface area (Å²) in [5.74, 6) is -0.168. The Kier molecular flexibility index (Phi) is 5.41. The normalized spacial score (nSPS) is 17.8. The minimum Gasteiger partial charge on any atom is -0.379 e. The number of hydrogen-bond acceptors (Lipinski definition) is 4. The summed E-state index contributed by atoms with van der Waals surface area (Å²) in [6.07, 6.45) is 0.840. The highest BCUT2D eigenvalue weighted by Crippen LogP contribution is 2.31. The second-order valence-electron chi connectivity index (χ2n) is 7.16. The van der Waals surface area contributed by atoms with Crippen molar-refractivity contribution in [1.29, 1.82) is 0 Å². The van der Waals surface area contributed by atoms with Gasteiger partial charge in [-0.15, -0.1) is 0 Å². The quantitative estimate of drug-likeness (QED) is 0.820. The van der Waals surface area contributed by atoms with Gasteiger partial charge >= 0.3 is 0 Å². The van der Waals surface area contributed by atoms with Crippen LogP contribution in [0.5, 0.6) is 0 Å².